The van der Waals surface area contributed by atoms with E-state index in [4.69, 9.17) is 4.52 Å². The second-order valence-electron chi connectivity index (χ2n) is 4.99. The number of pyridine rings is 1. The lowest BCUT2D eigenvalue weighted by Crippen LogP contribution is -2.37. The molecule has 0 fully saturated rings. The first-order chi connectivity index (χ1) is 11.2. The Morgan fingerprint density at radius 2 is 2.12 bits per heavy atom. The second-order valence-corrected chi connectivity index (χ2v) is 4.99. The molecule has 0 saturated heterocycles. The number of alkyl halides is 3. The van der Waals surface area contributed by atoms with Crippen LogP contribution in [0, 0.1) is 6.92 Å². The van der Waals surface area contributed by atoms with Crippen LogP contribution in [0.15, 0.2) is 27.6 Å². The first kappa shape index (κ1) is 17.7. The molecule has 2 heterocycles. The summed E-state index contributed by atoms with van der Waals surface area (Å²) in [7, 11) is 0. The number of hydrogen-bond donors (Lipinski definition) is 0. The Morgan fingerprint density at radius 1 is 1.42 bits per heavy atom. The minimum Gasteiger partial charge on any atom is -0.340 e. The molecule has 2 aromatic rings. The van der Waals surface area contributed by atoms with Crippen molar-refractivity contribution in [1.82, 2.24) is 19.6 Å². The van der Waals surface area contributed by atoms with E-state index in [1.807, 2.05) is 0 Å². The quantitative estimate of drug-likeness (QED) is 0.823. The van der Waals surface area contributed by atoms with Crippen LogP contribution in [-0.4, -0.2) is 32.1 Å². The molecular formula is C14H15F3N4O3. The SMILES string of the molecule is CCN(Cc1noc(C)n1)C(=O)Cn1cccc(C(F)(F)F)c1=O. The van der Waals surface area contributed by atoms with Crippen molar-refractivity contribution in [1.29, 1.82) is 0 Å². The van der Waals surface area contributed by atoms with Gasteiger partial charge in [-0.05, 0) is 19.1 Å². The molecule has 0 radical (unpaired) electrons. The Kier molecular flexibility index (Phi) is 5.05. The minimum absolute atomic E-state index is 0.0420. The van der Waals surface area contributed by atoms with E-state index < -0.39 is 29.8 Å². The number of carbonyl (C=O) groups excluding carboxylic acids is 1. The Balaban J connectivity index is 2.17. The molecule has 0 spiro atoms. The lowest BCUT2D eigenvalue weighted by Gasteiger charge is -2.20. The van der Waals surface area contributed by atoms with Crippen LogP contribution < -0.4 is 5.56 Å². The zero-order chi connectivity index (χ0) is 17.9. The van der Waals surface area contributed by atoms with Crippen molar-refractivity contribution < 1.29 is 22.5 Å². The summed E-state index contributed by atoms with van der Waals surface area (Å²) in [6.45, 7) is 3.10. The maximum Gasteiger partial charge on any atom is 0.421 e. The van der Waals surface area contributed by atoms with Gasteiger partial charge in [-0.1, -0.05) is 5.16 Å². The van der Waals surface area contributed by atoms with Gasteiger partial charge in [-0.25, -0.2) is 0 Å². The van der Waals surface area contributed by atoms with Crippen molar-refractivity contribution in [2.24, 2.45) is 0 Å². The summed E-state index contributed by atoms with van der Waals surface area (Å²) in [4.78, 5) is 29.4. The van der Waals surface area contributed by atoms with Gasteiger partial charge in [-0.3, -0.25) is 9.59 Å². The first-order valence-electron chi connectivity index (χ1n) is 7.06. The third-order valence-corrected chi connectivity index (χ3v) is 3.27. The monoisotopic (exact) mass is 344 g/mol. The predicted molar refractivity (Wildman–Crippen MR) is 75.8 cm³/mol. The maximum absolute atomic E-state index is 12.7. The number of amides is 1. The molecule has 0 aromatic carbocycles. The van der Waals surface area contributed by atoms with Crippen LogP contribution in [0.4, 0.5) is 13.2 Å². The van der Waals surface area contributed by atoms with E-state index in [0.29, 0.717) is 12.0 Å². The van der Waals surface area contributed by atoms with Crippen molar-refractivity contribution in [3.63, 3.8) is 0 Å². The fourth-order valence-corrected chi connectivity index (χ4v) is 2.08. The van der Waals surface area contributed by atoms with Crippen molar-refractivity contribution in [3.05, 3.63) is 46.0 Å². The van der Waals surface area contributed by atoms with Gasteiger partial charge in [0.15, 0.2) is 5.82 Å². The number of hydrogen-bond acceptors (Lipinski definition) is 5. The summed E-state index contributed by atoms with van der Waals surface area (Å²) in [5, 5.41) is 3.66. The highest BCUT2D eigenvalue weighted by molar-refractivity contribution is 5.75. The Labute approximate surface area is 134 Å². The third-order valence-electron chi connectivity index (χ3n) is 3.27. The lowest BCUT2D eigenvalue weighted by molar-refractivity contribution is -0.139. The molecule has 7 nitrogen and oxygen atoms in total. The number of aryl methyl sites for hydroxylation is 1. The standard InChI is InChI=1S/C14H15F3N4O3/c1-3-20(7-11-18-9(2)24-19-11)12(22)8-21-6-4-5-10(13(21)23)14(15,16)17/h4-6H,3,7-8H2,1-2H3. The Hall–Kier alpha value is -2.65. The van der Waals surface area contributed by atoms with Gasteiger partial charge in [0.1, 0.15) is 12.1 Å². The summed E-state index contributed by atoms with van der Waals surface area (Å²) in [5.74, 6) is 0.0862. The van der Waals surface area contributed by atoms with Gasteiger partial charge in [-0.2, -0.15) is 18.2 Å². The van der Waals surface area contributed by atoms with Gasteiger partial charge >= 0.3 is 6.18 Å². The number of rotatable bonds is 5. The van der Waals surface area contributed by atoms with E-state index in [1.54, 1.807) is 13.8 Å². The highest BCUT2D eigenvalue weighted by Crippen LogP contribution is 2.25. The fourth-order valence-electron chi connectivity index (χ4n) is 2.08. The van der Waals surface area contributed by atoms with Crippen LogP contribution in [0.1, 0.15) is 24.2 Å². The zero-order valence-electron chi connectivity index (χ0n) is 13.0. The first-order valence-corrected chi connectivity index (χ1v) is 7.06. The van der Waals surface area contributed by atoms with Gasteiger partial charge in [0.2, 0.25) is 11.8 Å². The molecule has 0 saturated carbocycles. The van der Waals surface area contributed by atoms with Crippen molar-refractivity contribution in [2.75, 3.05) is 6.54 Å². The molecule has 1 amide bonds. The van der Waals surface area contributed by atoms with Gasteiger partial charge in [0.25, 0.3) is 5.56 Å². The molecule has 0 aliphatic carbocycles. The van der Waals surface area contributed by atoms with Crippen molar-refractivity contribution in [2.45, 2.75) is 33.1 Å². The van der Waals surface area contributed by atoms with Crippen LogP contribution in [0.25, 0.3) is 0 Å². The molecule has 2 rings (SSSR count). The smallest absolute Gasteiger partial charge is 0.340 e. The van der Waals surface area contributed by atoms with Crippen LogP contribution in [0.2, 0.25) is 0 Å². The van der Waals surface area contributed by atoms with E-state index in [-0.39, 0.29) is 18.9 Å². The molecule has 0 unspecified atom stereocenters. The van der Waals surface area contributed by atoms with Crippen LogP contribution >= 0.6 is 0 Å². The largest absolute Gasteiger partial charge is 0.421 e. The molecule has 2 aromatic heterocycles. The van der Waals surface area contributed by atoms with Gasteiger partial charge in [-0.15, -0.1) is 0 Å². The molecular weight excluding hydrogens is 329 g/mol. The second kappa shape index (κ2) is 6.85. The molecule has 0 N–H and O–H groups in total. The molecule has 0 aliphatic heterocycles. The average molecular weight is 344 g/mol. The van der Waals surface area contributed by atoms with Crippen LogP contribution in [0.5, 0.6) is 0 Å². The third kappa shape index (κ3) is 4.00. The average Bonchev–Trinajstić information content (AvgIpc) is 2.90. The fraction of sp³-hybridized carbons (Fsp3) is 0.429. The number of nitrogens with zero attached hydrogens (tertiary/aromatic N) is 4. The summed E-state index contributed by atoms with van der Waals surface area (Å²) in [5.41, 5.74) is -2.57. The Morgan fingerprint density at radius 3 is 2.67 bits per heavy atom. The number of likely N-dealkylation sites (N-methyl/N-ethyl adjacent to an activating group) is 1. The molecule has 24 heavy (non-hydrogen) atoms. The molecule has 10 heteroatoms. The van der Waals surface area contributed by atoms with Gasteiger partial charge in [0.05, 0.1) is 6.54 Å². The highest BCUT2D eigenvalue weighted by Gasteiger charge is 2.34. The van der Waals surface area contributed by atoms with Crippen molar-refractivity contribution >= 4 is 5.91 Å². The number of halogens is 3. The van der Waals surface area contributed by atoms with Crippen LogP contribution in [-0.2, 0) is 24.1 Å². The van der Waals surface area contributed by atoms with E-state index in [0.717, 1.165) is 16.8 Å². The van der Waals surface area contributed by atoms with E-state index >= 15 is 0 Å². The molecule has 0 bridgehead atoms. The normalized spacial score (nSPS) is 11.5. The summed E-state index contributed by atoms with van der Waals surface area (Å²) in [6.07, 6.45) is -3.63. The minimum atomic E-state index is -4.77. The summed E-state index contributed by atoms with van der Waals surface area (Å²) in [6, 6.07) is 1.76. The predicted octanol–water partition coefficient (Wildman–Crippen LogP) is 1.61. The topological polar surface area (TPSA) is 81.2 Å². The number of aromatic nitrogens is 3. The Bertz CT molecular complexity index is 782. The molecule has 0 aliphatic rings. The lowest BCUT2D eigenvalue weighted by atomic mass is 10.2. The van der Waals surface area contributed by atoms with Crippen LogP contribution in [0.3, 0.4) is 0 Å². The van der Waals surface area contributed by atoms with Gasteiger partial charge in [0, 0.05) is 19.7 Å². The molecule has 130 valence electrons. The van der Waals surface area contributed by atoms with E-state index in [1.165, 1.54) is 4.90 Å². The maximum atomic E-state index is 12.7. The summed E-state index contributed by atoms with van der Waals surface area (Å²) >= 11 is 0. The number of carbonyl (C=O) groups is 1. The van der Waals surface area contributed by atoms with E-state index in [2.05, 4.69) is 10.1 Å². The summed E-state index contributed by atoms with van der Waals surface area (Å²) < 4.78 is 43.8. The van der Waals surface area contributed by atoms with E-state index in [9.17, 15) is 22.8 Å². The highest BCUT2D eigenvalue weighted by atomic mass is 19.4. The molecule has 0 atom stereocenters. The van der Waals surface area contributed by atoms with Crippen molar-refractivity contribution in [3.8, 4) is 0 Å². The van der Waals surface area contributed by atoms with Gasteiger partial charge < -0.3 is 14.0 Å². The zero-order valence-corrected chi connectivity index (χ0v) is 13.0.